The Morgan fingerprint density at radius 2 is 1.94 bits per heavy atom. The lowest BCUT2D eigenvalue weighted by Crippen LogP contribution is -2.29. The third-order valence-corrected chi connectivity index (χ3v) is 2.43. The fourth-order valence-corrected chi connectivity index (χ4v) is 1.53. The van der Waals surface area contributed by atoms with Crippen LogP contribution in [0.15, 0.2) is 35.1 Å². The van der Waals surface area contributed by atoms with Crippen molar-refractivity contribution in [3.05, 3.63) is 40.8 Å². The predicted octanol–water partition coefficient (Wildman–Crippen LogP) is 0.779. The summed E-state index contributed by atoms with van der Waals surface area (Å²) < 4.78 is 1.42. The van der Waals surface area contributed by atoms with E-state index in [1.807, 2.05) is 37.3 Å². The van der Waals surface area contributed by atoms with Gasteiger partial charge in [-0.1, -0.05) is 37.3 Å². The van der Waals surface area contributed by atoms with Gasteiger partial charge in [0, 0.05) is 19.2 Å². The summed E-state index contributed by atoms with van der Waals surface area (Å²) in [6.45, 7) is 2.64. The monoisotopic (exact) mass is 245 g/mol. The van der Waals surface area contributed by atoms with Gasteiger partial charge in [0.1, 0.15) is 5.82 Å². The quantitative estimate of drug-likeness (QED) is 0.779. The van der Waals surface area contributed by atoms with Crippen molar-refractivity contribution >= 4 is 5.95 Å². The van der Waals surface area contributed by atoms with E-state index in [9.17, 15) is 4.79 Å². The molecular weight excluding hydrogens is 230 g/mol. The molecule has 1 heterocycles. The molecular formula is C12H15N5O. The molecule has 94 valence electrons. The second-order valence-electron chi connectivity index (χ2n) is 3.73. The van der Waals surface area contributed by atoms with E-state index in [2.05, 4.69) is 20.8 Å². The number of benzene rings is 1. The van der Waals surface area contributed by atoms with E-state index in [1.54, 1.807) is 7.05 Å². The van der Waals surface area contributed by atoms with E-state index in [-0.39, 0.29) is 11.6 Å². The van der Waals surface area contributed by atoms with Crippen molar-refractivity contribution in [3.8, 4) is 11.4 Å². The fraction of sp³-hybridized carbons (Fsp3) is 0.250. The Labute approximate surface area is 105 Å². The van der Waals surface area contributed by atoms with Crippen molar-refractivity contribution in [3.63, 3.8) is 0 Å². The van der Waals surface area contributed by atoms with Crippen LogP contribution in [0.2, 0.25) is 0 Å². The van der Waals surface area contributed by atoms with Crippen LogP contribution in [0.1, 0.15) is 6.92 Å². The number of hydrogen-bond donors (Lipinski definition) is 2. The number of hydrazine groups is 1. The second kappa shape index (κ2) is 5.42. The average molecular weight is 245 g/mol. The van der Waals surface area contributed by atoms with Gasteiger partial charge in [-0.2, -0.15) is 9.97 Å². The summed E-state index contributed by atoms with van der Waals surface area (Å²) in [5.74, 6) is 0.856. The molecule has 2 N–H and O–H groups in total. The van der Waals surface area contributed by atoms with E-state index in [1.165, 1.54) is 4.57 Å². The molecule has 2 aromatic rings. The predicted molar refractivity (Wildman–Crippen MR) is 70.0 cm³/mol. The zero-order valence-electron chi connectivity index (χ0n) is 10.3. The maximum atomic E-state index is 11.7. The molecule has 0 saturated carbocycles. The van der Waals surface area contributed by atoms with Crippen LogP contribution < -0.4 is 16.5 Å². The van der Waals surface area contributed by atoms with E-state index >= 15 is 0 Å². The number of anilines is 1. The highest BCUT2D eigenvalue weighted by Crippen LogP contribution is 2.14. The Morgan fingerprint density at radius 3 is 2.61 bits per heavy atom. The third kappa shape index (κ3) is 2.54. The van der Waals surface area contributed by atoms with Crippen molar-refractivity contribution in [2.24, 2.45) is 7.05 Å². The highest BCUT2D eigenvalue weighted by atomic mass is 16.1. The van der Waals surface area contributed by atoms with Crippen molar-refractivity contribution in [1.29, 1.82) is 0 Å². The van der Waals surface area contributed by atoms with Crippen molar-refractivity contribution in [1.82, 2.24) is 20.0 Å². The smallest absolute Gasteiger partial charge is 0.289 e. The van der Waals surface area contributed by atoms with Gasteiger partial charge < -0.3 is 0 Å². The lowest BCUT2D eigenvalue weighted by atomic mass is 10.2. The van der Waals surface area contributed by atoms with Gasteiger partial charge in [-0.3, -0.25) is 9.99 Å². The van der Waals surface area contributed by atoms with Crippen molar-refractivity contribution in [2.75, 3.05) is 12.0 Å². The summed E-state index contributed by atoms with van der Waals surface area (Å²) in [6.07, 6.45) is 0. The van der Waals surface area contributed by atoms with Gasteiger partial charge in [0.25, 0.3) is 0 Å². The first kappa shape index (κ1) is 12.3. The van der Waals surface area contributed by atoms with Crippen LogP contribution in [-0.2, 0) is 7.05 Å². The summed E-state index contributed by atoms with van der Waals surface area (Å²) in [7, 11) is 1.65. The maximum Gasteiger partial charge on any atom is 0.352 e. The lowest BCUT2D eigenvalue weighted by Gasteiger charge is -2.09. The molecule has 0 radical (unpaired) electrons. The molecule has 0 aliphatic heterocycles. The zero-order valence-corrected chi connectivity index (χ0v) is 10.3. The number of aromatic nitrogens is 3. The summed E-state index contributed by atoms with van der Waals surface area (Å²) >= 11 is 0. The van der Waals surface area contributed by atoms with Gasteiger partial charge in [-0.15, -0.1) is 0 Å². The molecule has 1 aromatic heterocycles. The molecule has 6 nitrogen and oxygen atoms in total. The van der Waals surface area contributed by atoms with Crippen molar-refractivity contribution in [2.45, 2.75) is 6.92 Å². The molecule has 0 bridgehead atoms. The van der Waals surface area contributed by atoms with E-state index < -0.39 is 0 Å². The highest BCUT2D eigenvalue weighted by molar-refractivity contribution is 5.55. The number of nitrogens with one attached hydrogen (secondary N) is 2. The molecule has 0 atom stereocenters. The van der Waals surface area contributed by atoms with Crippen LogP contribution in [0.25, 0.3) is 11.4 Å². The molecule has 0 saturated heterocycles. The minimum atomic E-state index is -0.343. The molecule has 0 aliphatic carbocycles. The van der Waals surface area contributed by atoms with Crippen LogP contribution in [0, 0.1) is 0 Å². The lowest BCUT2D eigenvalue weighted by molar-refractivity contribution is 0.760. The van der Waals surface area contributed by atoms with Crippen LogP contribution in [0.4, 0.5) is 5.95 Å². The molecule has 2 rings (SSSR count). The minimum Gasteiger partial charge on any atom is -0.289 e. The van der Waals surface area contributed by atoms with Gasteiger partial charge in [-0.25, -0.2) is 10.2 Å². The zero-order chi connectivity index (χ0) is 13.0. The van der Waals surface area contributed by atoms with Gasteiger partial charge in [0.05, 0.1) is 0 Å². The van der Waals surface area contributed by atoms with E-state index in [0.29, 0.717) is 12.4 Å². The second-order valence-corrected chi connectivity index (χ2v) is 3.73. The topological polar surface area (TPSA) is 71.8 Å². The molecule has 0 amide bonds. The maximum absolute atomic E-state index is 11.7. The molecule has 1 aromatic carbocycles. The Bertz CT molecular complexity index is 579. The van der Waals surface area contributed by atoms with Crippen LogP contribution >= 0.6 is 0 Å². The minimum absolute atomic E-state index is 0.277. The Kier molecular flexibility index (Phi) is 3.69. The van der Waals surface area contributed by atoms with Crippen LogP contribution in [0.3, 0.4) is 0 Å². The summed E-state index contributed by atoms with van der Waals surface area (Å²) in [6, 6.07) is 9.52. The van der Waals surface area contributed by atoms with Gasteiger partial charge in [-0.05, 0) is 0 Å². The molecule has 0 aliphatic rings. The first-order chi connectivity index (χ1) is 8.72. The standard InChI is InChI=1S/C12H15N5O/c1-3-13-16-11-14-10(17(2)12(18)15-11)9-7-5-4-6-8-9/h4-8,13H,3H2,1-2H3,(H,15,16,18). The van der Waals surface area contributed by atoms with Gasteiger partial charge >= 0.3 is 5.69 Å². The van der Waals surface area contributed by atoms with E-state index in [0.717, 1.165) is 5.56 Å². The third-order valence-electron chi connectivity index (χ3n) is 2.43. The molecule has 18 heavy (non-hydrogen) atoms. The highest BCUT2D eigenvalue weighted by Gasteiger charge is 2.08. The largest absolute Gasteiger partial charge is 0.352 e. The van der Waals surface area contributed by atoms with Gasteiger partial charge in [0.2, 0.25) is 5.95 Å². The first-order valence-corrected chi connectivity index (χ1v) is 5.71. The van der Waals surface area contributed by atoms with Crippen molar-refractivity contribution < 1.29 is 0 Å². The summed E-state index contributed by atoms with van der Waals surface area (Å²) in [4.78, 5) is 19.9. The number of hydrogen-bond acceptors (Lipinski definition) is 5. The first-order valence-electron chi connectivity index (χ1n) is 5.71. The Hall–Kier alpha value is -2.21. The number of nitrogens with zero attached hydrogens (tertiary/aromatic N) is 3. The Balaban J connectivity index is 2.46. The van der Waals surface area contributed by atoms with Gasteiger partial charge in [0.15, 0.2) is 0 Å². The Morgan fingerprint density at radius 1 is 1.22 bits per heavy atom. The van der Waals surface area contributed by atoms with Crippen LogP contribution in [0.5, 0.6) is 0 Å². The number of rotatable bonds is 4. The average Bonchev–Trinajstić information content (AvgIpc) is 2.41. The molecule has 6 heteroatoms. The SMILES string of the molecule is CCNNc1nc(-c2ccccc2)n(C)c(=O)n1. The molecule has 0 unspecified atom stereocenters. The van der Waals surface area contributed by atoms with E-state index in [4.69, 9.17) is 0 Å². The summed E-state index contributed by atoms with van der Waals surface area (Å²) in [5, 5.41) is 0. The molecule has 0 fully saturated rings. The van der Waals surface area contributed by atoms with Crippen LogP contribution in [-0.4, -0.2) is 21.1 Å². The fourth-order valence-electron chi connectivity index (χ4n) is 1.53. The summed E-state index contributed by atoms with van der Waals surface area (Å²) in [5.41, 5.74) is 6.18. The normalized spacial score (nSPS) is 10.3. The molecule has 0 spiro atoms.